The molecule has 4 fully saturated rings. The third-order valence-electron chi connectivity index (χ3n) is 17.4. The second-order valence-electron chi connectivity index (χ2n) is 24.1. The lowest BCUT2D eigenvalue weighted by Crippen LogP contribution is -2.47. The molecule has 99 heavy (non-hydrogen) atoms. The van der Waals surface area contributed by atoms with Gasteiger partial charge in [0.05, 0.1) is 80.8 Å². The minimum absolute atomic E-state index is 0.00731. The number of carbonyl (C=O) groups is 2. The lowest BCUT2D eigenvalue weighted by Gasteiger charge is -2.31. The number of ether oxygens (including phenoxy) is 4. The molecule has 2 atom stereocenters. The number of hydrogen-bond acceptors (Lipinski definition) is 20. The van der Waals surface area contributed by atoms with Gasteiger partial charge in [0.2, 0.25) is 28.5 Å². The molecule has 7 aliphatic heterocycles. The second kappa shape index (κ2) is 31.3. The number of hydrogen-bond donors (Lipinski definition) is 6. The first kappa shape index (κ1) is 68.8. The van der Waals surface area contributed by atoms with E-state index in [1.807, 2.05) is 67.6 Å². The van der Waals surface area contributed by atoms with Gasteiger partial charge >= 0.3 is 0 Å². The van der Waals surface area contributed by atoms with Crippen LogP contribution in [0, 0.1) is 0 Å². The smallest absolute Gasteiger partial charge is 0.250 e. The van der Waals surface area contributed by atoms with Gasteiger partial charge in [-0.15, -0.1) is 0 Å². The van der Waals surface area contributed by atoms with E-state index < -0.39 is 0 Å². The normalized spacial score (nSPS) is 16.9. The Hall–Kier alpha value is -7.31. The van der Waals surface area contributed by atoms with E-state index in [4.69, 9.17) is 24.7 Å². The molecule has 19 nitrogen and oxygen atoms in total. The van der Waals surface area contributed by atoms with E-state index in [0.717, 1.165) is 159 Å². The zero-order valence-corrected chi connectivity index (χ0v) is 60.7. The molecule has 7 aliphatic rings. The topological polar surface area (TPSA) is 233 Å². The average molecular weight is 1500 g/mol. The molecule has 7 N–H and O–H groups in total. The van der Waals surface area contributed by atoms with E-state index in [-0.39, 0.29) is 39.4 Å². The number of aromatic amines is 3. The summed E-state index contributed by atoms with van der Waals surface area (Å²) in [7, 11) is 0. The van der Waals surface area contributed by atoms with Crippen molar-refractivity contribution in [3.05, 3.63) is 177 Å². The Bertz CT molecular complexity index is 4710. The molecule has 3 aromatic heterocycles. The first-order chi connectivity index (χ1) is 48.2. The lowest BCUT2D eigenvalue weighted by atomic mass is 10.1. The van der Waals surface area contributed by atoms with Crippen LogP contribution in [-0.2, 0) is 28.5 Å². The predicted octanol–water partition coefficient (Wildman–Crippen LogP) is 13.4. The molecule has 2 amide bonds. The quantitative estimate of drug-likeness (QED) is 0.0522. The number of nitrogens with zero attached hydrogens (tertiary/aromatic N) is 4. The molecule has 2 unspecified atom stereocenters. The number of nitrogens with one attached hydrogen (secondary N) is 5. The van der Waals surface area contributed by atoms with Gasteiger partial charge in [-0.2, -0.15) is 0 Å². The second-order valence-corrected chi connectivity index (χ2v) is 31.9. The van der Waals surface area contributed by atoms with E-state index in [2.05, 4.69) is 128 Å². The zero-order valence-electron chi connectivity index (χ0n) is 54.2. The van der Waals surface area contributed by atoms with E-state index >= 15 is 0 Å². The van der Waals surface area contributed by atoms with Gasteiger partial charge in [0.25, 0.3) is 0 Å². The van der Waals surface area contributed by atoms with Gasteiger partial charge in [-0.05, 0) is 105 Å². The third kappa shape index (κ3) is 16.2. The molecular weight excluding hydrogens is 1430 g/mol. The predicted molar refractivity (Wildman–Crippen MR) is 403 cm³/mol. The largest absolute Gasteiger partial charge is 0.399 e. The van der Waals surface area contributed by atoms with Gasteiger partial charge < -0.3 is 65.0 Å². The Labute approximate surface area is 606 Å². The number of alkyl halides is 1. The summed E-state index contributed by atoms with van der Waals surface area (Å²) >= 11 is 13.5. The number of pyridine rings is 3. The number of anilines is 6. The lowest BCUT2D eigenvalue weighted by molar-refractivity contribution is -0.122. The molecule has 0 aliphatic carbocycles. The monoisotopic (exact) mass is 1500 g/mol. The first-order valence-electron chi connectivity index (χ1n) is 32.6. The van der Waals surface area contributed by atoms with Gasteiger partial charge in [-0.25, -0.2) is 0 Å². The number of halogens is 1. The Balaban J connectivity index is 0.000000128. The third-order valence-corrected chi connectivity index (χ3v) is 25.6. The van der Waals surface area contributed by atoms with Crippen molar-refractivity contribution in [2.75, 3.05) is 136 Å². The van der Waals surface area contributed by atoms with Gasteiger partial charge in [0, 0.05) is 180 Å². The maximum atomic E-state index is 12.9. The summed E-state index contributed by atoms with van der Waals surface area (Å²) in [5, 5.41) is 6.03. The summed E-state index contributed by atoms with van der Waals surface area (Å²) in [5.41, 5.74) is 16.3. The summed E-state index contributed by atoms with van der Waals surface area (Å²) in [6, 6.07) is 47.6. The van der Waals surface area contributed by atoms with Crippen molar-refractivity contribution < 1.29 is 28.5 Å². The molecular formula is C73H71BrN10O9S6. The summed E-state index contributed by atoms with van der Waals surface area (Å²) in [6.45, 7) is 15.4. The van der Waals surface area contributed by atoms with Crippen LogP contribution >= 0.6 is 86.5 Å². The van der Waals surface area contributed by atoms with Crippen molar-refractivity contribution in [1.29, 1.82) is 0 Å². The summed E-state index contributed by atoms with van der Waals surface area (Å²) in [4.78, 5) is 93.7. The van der Waals surface area contributed by atoms with E-state index in [1.165, 1.54) is 19.6 Å². The fourth-order valence-corrected chi connectivity index (χ4v) is 19.6. The van der Waals surface area contributed by atoms with Gasteiger partial charge in [0.15, 0.2) is 0 Å². The maximum absolute atomic E-state index is 12.9. The summed E-state index contributed by atoms with van der Waals surface area (Å²) < 4.78 is 21.8. The molecule has 16 rings (SSSR count). The number of fused-ring (bicyclic) bond motifs is 6. The molecule has 4 saturated heterocycles. The Morgan fingerprint density at radius 2 is 0.758 bits per heavy atom. The SMILES string of the molecule is CC(Br)C(=O)Nc1ccc2c(c1)Sc1cccc(-c3cc(N4CCOCC4)cc(=O)[nH]3)c1S2.CC(C(=O)Nc1ccc2c(c1)Sc1cccc(-c3cc(N4CCOCC4)cc(=O)[nH]3)c1S2)N1CCOCC1.Nc1ccc2c(c1)Sc1cccc(-c3cc(N4CCOCC4)cc(=O)[nH]3)c1S2. The van der Waals surface area contributed by atoms with Crippen LogP contribution in [0.25, 0.3) is 33.8 Å². The minimum atomic E-state index is -0.255. The molecule has 10 heterocycles. The Morgan fingerprint density at radius 3 is 1.13 bits per heavy atom. The van der Waals surface area contributed by atoms with Crippen molar-refractivity contribution in [2.45, 2.75) is 83.5 Å². The van der Waals surface area contributed by atoms with Crippen LogP contribution < -0.4 is 47.7 Å². The highest BCUT2D eigenvalue weighted by molar-refractivity contribution is 9.10. The summed E-state index contributed by atoms with van der Waals surface area (Å²) in [5.74, 6) is -0.0812. The average Bonchev–Trinajstić information content (AvgIpc) is 0.782. The highest BCUT2D eigenvalue weighted by Gasteiger charge is 2.29. The van der Waals surface area contributed by atoms with Crippen LogP contribution in [0.2, 0.25) is 0 Å². The molecule has 26 heteroatoms. The number of rotatable bonds is 11. The van der Waals surface area contributed by atoms with Gasteiger partial charge in [0.1, 0.15) is 0 Å². The van der Waals surface area contributed by atoms with Crippen LogP contribution in [-0.4, -0.2) is 148 Å². The number of carbonyl (C=O) groups excluding carboxylic acids is 2. The van der Waals surface area contributed by atoms with E-state index in [9.17, 15) is 24.0 Å². The number of H-pyrrole nitrogens is 3. The molecule has 510 valence electrons. The van der Waals surface area contributed by atoms with Crippen LogP contribution in [0.3, 0.4) is 0 Å². The van der Waals surface area contributed by atoms with E-state index in [0.29, 0.717) is 52.9 Å². The van der Waals surface area contributed by atoms with Crippen molar-refractivity contribution in [2.24, 2.45) is 0 Å². The standard InChI is InChI=1S/C28H30N4O4S2.C24H22BrN3O3S2.C21H19N3O2S2/c1-18(31-7-11-35-12-8-31)28(34)29-19-5-6-23-25(15-19)37-24-4-2-3-21(27(24)38-23)22-16-20(17-26(33)30-22)32-9-13-36-14-10-32;1-14(25)24(30)26-15-5-6-19-21(11-15)32-20-4-2-3-17(23(20)33-19)18-12-16(13-22(29)27-18)28-7-9-31-10-8-28;22-13-4-5-17-19(10-13)27-18-3-1-2-15(21(18)28-17)16-11-14(12-20(25)23-16)24-6-8-26-9-7-24/h2-6,15-18H,7-14H2,1H3,(H,29,34)(H,30,33);2-6,11-14H,7-10H2,1H3,(H,26,30)(H,27,29);1-5,10-12H,6-9,22H2,(H,23,25). The number of benzene rings is 6. The maximum Gasteiger partial charge on any atom is 0.250 e. The van der Waals surface area contributed by atoms with Crippen LogP contribution in [0.4, 0.5) is 34.1 Å². The number of nitrogens with two attached hydrogens (primary N) is 1. The van der Waals surface area contributed by atoms with Crippen molar-refractivity contribution in [3.63, 3.8) is 0 Å². The Kier molecular flexibility index (Phi) is 21.7. The molecule has 0 saturated carbocycles. The number of nitrogen functional groups attached to an aromatic ring is 1. The van der Waals surface area contributed by atoms with E-state index in [1.54, 1.807) is 95.7 Å². The van der Waals surface area contributed by atoms with Crippen molar-refractivity contribution in [1.82, 2.24) is 19.9 Å². The number of aromatic nitrogens is 3. The fourth-order valence-electron chi connectivity index (χ4n) is 12.3. The van der Waals surface area contributed by atoms with Gasteiger partial charge in [-0.1, -0.05) is 123 Å². The molecule has 9 aromatic rings. The number of amides is 2. The van der Waals surface area contributed by atoms with Crippen LogP contribution in [0.15, 0.2) is 219 Å². The molecule has 6 aromatic carbocycles. The molecule has 0 radical (unpaired) electrons. The first-order valence-corrected chi connectivity index (χ1v) is 38.5. The highest BCUT2D eigenvalue weighted by atomic mass is 79.9. The summed E-state index contributed by atoms with van der Waals surface area (Å²) in [6.07, 6.45) is 0. The zero-order chi connectivity index (χ0) is 68.1. The fraction of sp³-hybridized carbons (Fsp3) is 0.274. The van der Waals surface area contributed by atoms with Crippen LogP contribution in [0.5, 0.6) is 0 Å². The Morgan fingerprint density at radius 1 is 0.414 bits per heavy atom. The van der Waals surface area contributed by atoms with Crippen LogP contribution in [0.1, 0.15) is 13.8 Å². The van der Waals surface area contributed by atoms with Crippen molar-refractivity contribution in [3.8, 4) is 33.8 Å². The molecule has 0 bridgehead atoms. The van der Waals surface area contributed by atoms with Crippen molar-refractivity contribution >= 4 is 132 Å². The minimum Gasteiger partial charge on any atom is -0.399 e. The molecule has 0 spiro atoms. The number of morpholine rings is 4. The highest BCUT2D eigenvalue weighted by Crippen LogP contribution is 2.55. The van der Waals surface area contributed by atoms with Gasteiger partial charge in [-0.3, -0.25) is 28.9 Å².